The quantitative estimate of drug-likeness (QED) is 0.200. The number of aliphatic hydroxyl groups is 1. The SMILES string of the molecule is COC(=O)Cc1c(C#C[C@@](C)(CO[Si](C)(C)C(C)(C)C)[C@@H](C)O)c(OCc2ccccc2)c(C)c(OC)c1OC. The number of esters is 1. The number of hydrogen-bond donors (Lipinski definition) is 1. The average molecular weight is 571 g/mol. The second-order valence-electron chi connectivity index (χ2n) is 11.8. The molecule has 2 aromatic carbocycles. The summed E-state index contributed by atoms with van der Waals surface area (Å²) in [4.78, 5) is 12.5. The van der Waals surface area contributed by atoms with Crippen molar-refractivity contribution in [3.63, 3.8) is 0 Å². The van der Waals surface area contributed by atoms with E-state index in [1.165, 1.54) is 14.2 Å². The molecule has 0 aliphatic heterocycles. The fraction of sp³-hybridized carbons (Fsp3) is 0.531. The third-order valence-corrected chi connectivity index (χ3v) is 12.3. The standard InChI is InChI=1S/C32H46O7Si/c1-22-28(38-20-24-15-13-12-14-16-24)25(26(19-27(34)35-7)30(37-9)29(22)36-8)17-18-32(6,23(2)33)21-39-40(10,11)31(3,4)5/h12-16,23,33H,19-21H2,1-11H3/t23-,32+/m1/s1. The van der Waals surface area contributed by atoms with Crippen molar-refractivity contribution in [2.45, 2.75) is 78.8 Å². The molecule has 2 rings (SSSR count). The molecule has 2 aromatic rings. The monoisotopic (exact) mass is 570 g/mol. The molecule has 220 valence electrons. The molecule has 0 saturated heterocycles. The van der Waals surface area contributed by atoms with Crippen molar-refractivity contribution in [2.75, 3.05) is 27.9 Å². The number of ether oxygens (including phenoxy) is 4. The van der Waals surface area contributed by atoms with Gasteiger partial charge in [-0.15, -0.1) is 0 Å². The van der Waals surface area contributed by atoms with Crippen LogP contribution in [0.5, 0.6) is 17.2 Å². The van der Waals surface area contributed by atoms with E-state index < -0.39 is 25.8 Å². The zero-order valence-corrected chi connectivity index (χ0v) is 27.0. The van der Waals surface area contributed by atoms with E-state index in [1.807, 2.05) is 44.2 Å². The van der Waals surface area contributed by atoms with Crippen molar-refractivity contribution in [2.24, 2.45) is 5.41 Å². The van der Waals surface area contributed by atoms with Gasteiger partial charge in [0.15, 0.2) is 19.8 Å². The molecule has 0 heterocycles. The first-order valence-electron chi connectivity index (χ1n) is 13.5. The zero-order valence-electron chi connectivity index (χ0n) is 26.0. The van der Waals surface area contributed by atoms with E-state index >= 15 is 0 Å². The minimum Gasteiger partial charge on any atom is -0.492 e. The Bertz CT molecular complexity index is 1220. The summed E-state index contributed by atoms with van der Waals surface area (Å²) in [5, 5.41) is 10.9. The van der Waals surface area contributed by atoms with E-state index in [2.05, 4.69) is 45.7 Å². The first kappa shape index (κ1) is 33.2. The number of benzene rings is 2. The minimum absolute atomic E-state index is 0.00657. The molecule has 0 spiro atoms. The first-order valence-corrected chi connectivity index (χ1v) is 16.4. The van der Waals surface area contributed by atoms with Gasteiger partial charge in [-0.05, 0) is 44.5 Å². The Morgan fingerprint density at radius 1 is 1.00 bits per heavy atom. The van der Waals surface area contributed by atoms with Crippen molar-refractivity contribution in [3.8, 4) is 29.1 Å². The molecule has 0 saturated carbocycles. The lowest BCUT2D eigenvalue weighted by Gasteiger charge is -2.39. The number of carbonyl (C=O) groups is 1. The minimum atomic E-state index is -2.10. The molecular weight excluding hydrogens is 524 g/mol. The normalized spacial score (nSPS) is 13.9. The van der Waals surface area contributed by atoms with Crippen LogP contribution in [-0.2, 0) is 27.0 Å². The molecule has 2 atom stereocenters. The van der Waals surface area contributed by atoms with Gasteiger partial charge in [0.2, 0.25) is 0 Å². The largest absolute Gasteiger partial charge is 0.492 e. The van der Waals surface area contributed by atoms with Gasteiger partial charge in [-0.3, -0.25) is 4.79 Å². The summed E-state index contributed by atoms with van der Waals surface area (Å²) in [6, 6.07) is 9.78. The Labute approximate surface area is 241 Å². The highest BCUT2D eigenvalue weighted by atomic mass is 28.4. The Balaban J connectivity index is 2.75. The number of carbonyl (C=O) groups excluding carboxylic acids is 1. The summed E-state index contributed by atoms with van der Waals surface area (Å²) < 4.78 is 29.3. The van der Waals surface area contributed by atoms with E-state index in [0.29, 0.717) is 33.9 Å². The lowest BCUT2D eigenvalue weighted by Crippen LogP contribution is -2.45. The van der Waals surface area contributed by atoms with Gasteiger partial charge in [-0.2, -0.15) is 0 Å². The van der Waals surface area contributed by atoms with Crippen LogP contribution in [0.1, 0.15) is 56.9 Å². The maximum atomic E-state index is 12.5. The van der Waals surface area contributed by atoms with Gasteiger partial charge in [0.25, 0.3) is 0 Å². The van der Waals surface area contributed by atoms with Crippen LogP contribution in [0.3, 0.4) is 0 Å². The second-order valence-corrected chi connectivity index (χ2v) is 16.6. The van der Waals surface area contributed by atoms with E-state index in [4.69, 9.17) is 23.4 Å². The summed E-state index contributed by atoms with van der Waals surface area (Å²) >= 11 is 0. The Morgan fingerprint density at radius 2 is 1.60 bits per heavy atom. The smallest absolute Gasteiger partial charge is 0.310 e. The fourth-order valence-electron chi connectivity index (χ4n) is 3.75. The van der Waals surface area contributed by atoms with E-state index in [-0.39, 0.29) is 24.7 Å². The number of aliphatic hydroxyl groups excluding tert-OH is 1. The highest BCUT2D eigenvalue weighted by Gasteiger charge is 2.40. The average Bonchev–Trinajstić information content (AvgIpc) is 2.90. The Hall–Kier alpha value is -2.99. The van der Waals surface area contributed by atoms with E-state index in [9.17, 15) is 9.90 Å². The predicted molar refractivity (Wildman–Crippen MR) is 161 cm³/mol. The molecule has 0 aliphatic carbocycles. The van der Waals surface area contributed by atoms with Crippen molar-refractivity contribution in [1.29, 1.82) is 0 Å². The Kier molecular flexibility index (Phi) is 11.3. The lowest BCUT2D eigenvalue weighted by molar-refractivity contribution is -0.139. The highest BCUT2D eigenvalue weighted by molar-refractivity contribution is 6.74. The second kappa shape index (κ2) is 13.6. The van der Waals surface area contributed by atoms with Gasteiger partial charge in [0.1, 0.15) is 12.4 Å². The van der Waals surface area contributed by atoms with Gasteiger partial charge < -0.3 is 28.5 Å². The summed E-state index contributed by atoms with van der Waals surface area (Å²) in [6.07, 6.45) is -0.891. The van der Waals surface area contributed by atoms with Gasteiger partial charge in [0, 0.05) is 11.1 Å². The molecule has 0 amide bonds. The van der Waals surface area contributed by atoms with E-state index in [0.717, 1.165) is 5.56 Å². The summed E-state index contributed by atoms with van der Waals surface area (Å²) in [7, 11) is 2.29. The van der Waals surface area contributed by atoms with Crippen LogP contribution in [0.25, 0.3) is 0 Å². The first-order chi connectivity index (χ1) is 18.6. The van der Waals surface area contributed by atoms with Crippen molar-refractivity contribution < 1.29 is 33.3 Å². The lowest BCUT2D eigenvalue weighted by atomic mass is 9.86. The Morgan fingerprint density at radius 3 is 2.10 bits per heavy atom. The molecule has 0 bridgehead atoms. The maximum Gasteiger partial charge on any atom is 0.310 e. The number of methoxy groups -OCH3 is 3. The van der Waals surface area contributed by atoms with Crippen LogP contribution in [0, 0.1) is 24.2 Å². The molecule has 7 nitrogen and oxygen atoms in total. The number of rotatable bonds is 11. The number of hydrogen-bond acceptors (Lipinski definition) is 7. The van der Waals surface area contributed by atoms with Gasteiger partial charge in [0.05, 0.1) is 51.4 Å². The fourth-order valence-corrected chi connectivity index (χ4v) is 4.84. The van der Waals surface area contributed by atoms with Gasteiger partial charge >= 0.3 is 5.97 Å². The van der Waals surface area contributed by atoms with Crippen LogP contribution in [-0.4, -0.2) is 53.4 Å². The maximum absolute atomic E-state index is 12.5. The highest BCUT2D eigenvalue weighted by Crippen LogP contribution is 2.44. The van der Waals surface area contributed by atoms with Crippen molar-refractivity contribution >= 4 is 14.3 Å². The van der Waals surface area contributed by atoms with E-state index in [1.54, 1.807) is 14.0 Å². The third kappa shape index (κ3) is 7.81. The predicted octanol–water partition coefficient (Wildman–Crippen LogP) is 6.07. The molecular formula is C32H46O7Si. The molecule has 0 unspecified atom stereocenters. The van der Waals surface area contributed by atoms with Crippen LogP contribution in [0.2, 0.25) is 18.1 Å². The van der Waals surface area contributed by atoms with Crippen molar-refractivity contribution in [3.05, 3.63) is 52.6 Å². The van der Waals surface area contributed by atoms with Gasteiger partial charge in [-0.25, -0.2) is 0 Å². The van der Waals surface area contributed by atoms with Crippen LogP contribution in [0.15, 0.2) is 30.3 Å². The topological polar surface area (TPSA) is 83.5 Å². The van der Waals surface area contributed by atoms with Crippen molar-refractivity contribution in [1.82, 2.24) is 0 Å². The summed E-state index contributed by atoms with van der Waals surface area (Å²) in [5.41, 5.74) is 1.74. The molecule has 0 fully saturated rings. The third-order valence-electron chi connectivity index (χ3n) is 7.81. The molecule has 40 heavy (non-hydrogen) atoms. The van der Waals surface area contributed by atoms with Gasteiger partial charge in [-0.1, -0.05) is 62.9 Å². The molecule has 0 aliphatic rings. The molecule has 0 aromatic heterocycles. The molecule has 8 heteroatoms. The summed E-state index contributed by atoms with van der Waals surface area (Å²) in [6.45, 7) is 16.9. The molecule has 0 radical (unpaired) electrons. The zero-order chi connectivity index (χ0) is 30.3. The van der Waals surface area contributed by atoms with Crippen LogP contribution >= 0.6 is 0 Å². The van der Waals surface area contributed by atoms with Crippen LogP contribution in [0.4, 0.5) is 0 Å². The van der Waals surface area contributed by atoms with Crippen LogP contribution < -0.4 is 14.2 Å². The summed E-state index contributed by atoms with van der Waals surface area (Å²) in [5.74, 6) is 7.42. The molecule has 1 N–H and O–H groups in total.